The second kappa shape index (κ2) is 8.78. The van der Waals surface area contributed by atoms with Crippen molar-refractivity contribution in [3.05, 3.63) is 41.9 Å². The Labute approximate surface area is 173 Å². The molecule has 9 nitrogen and oxygen atoms in total. The molecular weight excluding hydrogens is 386 g/mol. The van der Waals surface area contributed by atoms with Crippen LogP contribution in [-0.4, -0.2) is 44.7 Å². The molecule has 0 amide bonds. The normalized spacial score (nSPS) is 11.1. The summed E-state index contributed by atoms with van der Waals surface area (Å²) in [5.74, 6) is -1.13. The van der Waals surface area contributed by atoms with Crippen LogP contribution in [0, 0.1) is 17.2 Å². The summed E-state index contributed by atoms with van der Waals surface area (Å²) in [6.07, 6.45) is 2.94. The third kappa shape index (κ3) is 4.33. The first-order valence-corrected chi connectivity index (χ1v) is 9.63. The molecule has 0 saturated carbocycles. The molecule has 2 heterocycles. The number of ether oxygens (including phenoxy) is 2. The van der Waals surface area contributed by atoms with E-state index in [1.54, 1.807) is 24.7 Å². The molecule has 2 aromatic heterocycles. The molecule has 0 atom stereocenters. The zero-order valence-electron chi connectivity index (χ0n) is 17.3. The maximum absolute atomic E-state index is 12.2. The van der Waals surface area contributed by atoms with Crippen molar-refractivity contribution >= 4 is 22.8 Å². The maximum atomic E-state index is 12.2. The van der Waals surface area contributed by atoms with Crippen LogP contribution in [0.4, 0.5) is 0 Å². The molecule has 1 aromatic carbocycles. The van der Waals surface area contributed by atoms with E-state index in [1.165, 1.54) is 10.9 Å². The van der Waals surface area contributed by atoms with Crippen LogP contribution in [0.3, 0.4) is 0 Å². The Hall–Kier alpha value is -3.67. The molecule has 0 fully saturated rings. The Bertz CT molecular complexity index is 1120. The molecule has 0 aliphatic carbocycles. The molecule has 30 heavy (non-hydrogen) atoms. The molecule has 0 bridgehead atoms. The minimum atomic E-state index is -0.562. The minimum Gasteiger partial charge on any atom is -0.462 e. The van der Waals surface area contributed by atoms with Crippen molar-refractivity contribution in [2.75, 3.05) is 13.2 Å². The Morgan fingerprint density at radius 3 is 2.57 bits per heavy atom. The Kier molecular flexibility index (Phi) is 6.16. The molecule has 3 aromatic rings. The monoisotopic (exact) mass is 409 g/mol. The first-order chi connectivity index (χ1) is 14.3. The third-order valence-corrected chi connectivity index (χ3v) is 4.40. The molecule has 156 valence electrons. The van der Waals surface area contributed by atoms with Gasteiger partial charge in [-0.15, -0.1) is 0 Å². The number of esters is 2. The molecule has 0 spiro atoms. The van der Waals surface area contributed by atoms with Crippen LogP contribution in [-0.2, 0) is 14.3 Å². The number of carbonyl (C=O) groups is 2. The molecule has 3 rings (SSSR count). The lowest BCUT2D eigenvalue weighted by atomic mass is 10.2. The van der Waals surface area contributed by atoms with E-state index in [4.69, 9.17) is 9.47 Å². The summed E-state index contributed by atoms with van der Waals surface area (Å²) in [4.78, 5) is 23.6. The van der Waals surface area contributed by atoms with Gasteiger partial charge in [0.25, 0.3) is 0 Å². The van der Waals surface area contributed by atoms with E-state index in [0.29, 0.717) is 11.4 Å². The van der Waals surface area contributed by atoms with Gasteiger partial charge in [-0.3, -0.25) is 9.48 Å². The summed E-state index contributed by atoms with van der Waals surface area (Å²) in [6, 6.07) is 7.77. The average molecular weight is 409 g/mol. The predicted molar refractivity (Wildman–Crippen MR) is 108 cm³/mol. The van der Waals surface area contributed by atoms with Crippen molar-refractivity contribution in [1.29, 1.82) is 5.26 Å². The van der Waals surface area contributed by atoms with Gasteiger partial charge in [0.15, 0.2) is 5.69 Å². The van der Waals surface area contributed by atoms with E-state index < -0.39 is 5.97 Å². The van der Waals surface area contributed by atoms with Crippen LogP contribution >= 0.6 is 0 Å². The highest BCUT2D eigenvalue weighted by molar-refractivity contribution is 5.89. The molecular formula is C21H23N5O4. The van der Waals surface area contributed by atoms with E-state index in [0.717, 1.165) is 10.9 Å². The van der Waals surface area contributed by atoms with Gasteiger partial charge in [0.05, 0.1) is 28.9 Å². The number of hydrogen-bond acceptors (Lipinski definition) is 7. The lowest BCUT2D eigenvalue weighted by Crippen LogP contribution is -2.17. The van der Waals surface area contributed by atoms with Gasteiger partial charge >= 0.3 is 11.9 Å². The molecule has 0 saturated heterocycles. The van der Waals surface area contributed by atoms with Gasteiger partial charge < -0.3 is 9.47 Å². The highest BCUT2D eigenvalue weighted by atomic mass is 16.6. The SMILES string of the molecule is CC(C)C(=O)OCCOC(=O)c1cnn(-c2ccc3c(c2)c(C#N)nn3C(C)C)c1. The van der Waals surface area contributed by atoms with E-state index >= 15 is 0 Å². The number of fused-ring (bicyclic) bond motifs is 1. The Morgan fingerprint density at radius 2 is 1.90 bits per heavy atom. The predicted octanol–water partition coefficient (Wildman–Crippen LogP) is 3.03. The van der Waals surface area contributed by atoms with Crippen molar-refractivity contribution in [1.82, 2.24) is 19.6 Å². The molecule has 0 unspecified atom stereocenters. The average Bonchev–Trinajstić information content (AvgIpc) is 3.35. The van der Waals surface area contributed by atoms with Crippen LogP contribution in [0.1, 0.15) is 49.8 Å². The zero-order chi connectivity index (χ0) is 21.8. The van der Waals surface area contributed by atoms with Crippen molar-refractivity contribution in [3.8, 4) is 11.8 Å². The molecule has 0 aliphatic rings. The van der Waals surface area contributed by atoms with E-state index in [-0.39, 0.29) is 36.7 Å². The fraction of sp³-hybridized carbons (Fsp3) is 0.381. The number of nitrogens with zero attached hydrogens (tertiary/aromatic N) is 5. The number of benzene rings is 1. The smallest absolute Gasteiger partial charge is 0.341 e. The number of aromatic nitrogens is 4. The van der Waals surface area contributed by atoms with Crippen molar-refractivity contribution in [3.63, 3.8) is 0 Å². The number of rotatable bonds is 7. The van der Waals surface area contributed by atoms with Crippen LogP contribution in [0.5, 0.6) is 0 Å². The number of hydrogen-bond donors (Lipinski definition) is 0. The topological polar surface area (TPSA) is 112 Å². The first-order valence-electron chi connectivity index (χ1n) is 9.63. The van der Waals surface area contributed by atoms with Gasteiger partial charge in [-0.2, -0.15) is 15.5 Å². The van der Waals surface area contributed by atoms with Gasteiger partial charge in [-0.1, -0.05) is 13.8 Å². The summed E-state index contributed by atoms with van der Waals surface area (Å²) in [5.41, 5.74) is 2.15. The molecule has 0 N–H and O–H groups in total. The second-order valence-electron chi connectivity index (χ2n) is 7.33. The van der Waals surface area contributed by atoms with Crippen LogP contribution < -0.4 is 0 Å². The largest absolute Gasteiger partial charge is 0.462 e. The number of nitriles is 1. The summed E-state index contributed by atoms with van der Waals surface area (Å²) >= 11 is 0. The molecule has 0 radical (unpaired) electrons. The maximum Gasteiger partial charge on any atom is 0.341 e. The van der Waals surface area contributed by atoms with Gasteiger partial charge in [-0.05, 0) is 32.0 Å². The fourth-order valence-corrected chi connectivity index (χ4v) is 2.84. The van der Waals surface area contributed by atoms with Gasteiger partial charge in [0.2, 0.25) is 0 Å². The van der Waals surface area contributed by atoms with Gasteiger partial charge in [0, 0.05) is 17.6 Å². The minimum absolute atomic E-state index is 0.00430. The van der Waals surface area contributed by atoms with E-state index in [2.05, 4.69) is 16.3 Å². The third-order valence-electron chi connectivity index (χ3n) is 4.40. The lowest BCUT2D eigenvalue weighted by molar-refractivity contribution is -0.148. The van der Waals surface area contributed by atoms with Crippen molar-refractivity contribution < 1.29 is 19.1 Å². The van der Waals surface area contributed by atoms with Gasteiger partial charge in [-0.25, -0.2) is 9.48 Å². The van der Waals surface area contributed by atoms with E-state index in [9.17, 15) is 14.9 Å². The fourth-order valence-electron chi connectivity index (χ4n) is 2.84. The van der Waals surface area contributed by atoms with Gasteiger partial charge in [0.1, 0.15) is 19.3 Å². The Balaban J connectivity index is 1.73. The van der Waals surface area contributed by atoms with Crippen LogP contribution in [0.25, 0.3) is 16.6 Å². The molecule has 0 aliphatic heterocycles. The summed E-state index contributed by atoms with van der Waals surface area (Å²) < 4.78 is 13.4. The standard InChI is InChI=1S/C21H23N5O4/c1-13(2)20(27)29-7-8-30-21(28)15-11-23-25(12-15)16-5-6-19-17(9-16)18(10-22)24-26(19)14(3)4/h5-6,9,11-14H,7-8H2,1-4H3. The second-order valence-corrected chi connectivity index (χ2v) is 7.33. The highest BCUT2D eigenvalue weighted by Gasteiger charge is 2.16. The van der Waals surface area contributed by atoms with Crippen LogP contribution in [0.2, 0.25) is 0 Å². The molecule has 9 heteroatoms. The first kappa shape index (κ1) is 21.0. The van der Waals surface area contributed by atoms with E-state index in [1.807, 2.05) is 32.0 Å². The lowest BCUT2D eigenvalue weighted by Gasteiger charge is -2.07. The summed E-state index contributed by atoms with van der Waals surface area (Å²) in [5, 5.41) is 18.7. The summed E-state index contributed by atoms with van der Waals surface area (Å²) in [7, 11) is 0. The highest BCUT2D eigenvalue weighted by Crippen LogP contribution is 2.24. The summed E-state index contributed by atoms with van der Waals surface area (Å²) in [6.45, 7) is 7.42. The zero-order valence-corrected chi connectivity index (χ0v) is 17.3. The quantitative estimate of drug-likeness (QED) is 0.435. The van der Waals surface area contributed by atoms with Crippen LogP contribution in [0.15, 0.2) is 30.6 Å². The van der Waals surface area contributed by atoms with Crippen molar-refractivity contribution in [2.24, 2.45) is 5.92 Å². The Morgan fingerprint density at radius 1 is 1.17 bits per heavy atom. The van der Waals surface area contributed by atoms with Crippen molar-refractivity contribution in [2.45, 2.75) is 33.7 Å². The number of carbonyl (C=O) groups excluding carboxylic acids is 2.